The van der Waals surface area contributed by atoms with Gasteiger partial charge in [-0.05, 0) is 60.0 Å². The Balaban J connectivity index is 1.76. The molecule has 1 aromatic heterocycles. The third kappa shape index (κ3) is 3.92. The fourth-order valence-electron chi connectivity index (χ4n) is 4.26. The summed E-state index contributed by atoms with van der Waals surface area (Å²) >= 11 is 6.41. The van der Waals surface area contributed by atoms with Gasteiger partial charge in [-0.1, -0.05) is 60.1 Å². The molecule has 0 aliphatic heterocycles. The Bertz CT molecular complexity index is 1690. The van der Waals surface area contributed by atoms with E-state index in [9.17, 15) is 20.0 Å². The summed E-state index contributed by atoms with van der Waals surface area (Å²) in [6.45, 7) is 1.81. The molecule has 1 heterocycles. The van der Waals surface area contributed by atoms with Gasteiger partial charge in [-0.2, -0.15) is 15.0 Å². The van der Waals surface area contributed by atoms with Gasteiger partial charge in [-0.25, -0.2) is 4.79 Å². The monoisotopic (exact) mass is 491 g/mol. The van der Waals surface area contributed by atoms with Crippen LogP contribution < -0.4 is 0 Å². The lowest BCUT2D eigenvalue weighted by Gasteiger charge is -2.09. The van der Waals surface area contributed by atoms with Crippen LogP contribution in [-0.2, 0) is 0 Å². The van der Waals surface area contributed by atoms with Crippen molar-refractivity contribution in [2.24, 2.45) is 0 Å². The lowest BCUT2D eigenvalue weighted by molar-refractivity contribution is 0.0696. The molecule has 5 rings (SSSR count). The number of fused-ring (bicyclic) bond motifs is 1. The van der Waals surface area contributed by atoms with Gasteiger partial charge in [-0.3, -0.25) is 4.79 Å². The molecule has 6 nitrogen and oxygen atoms in total. The molecule has 0 saturated heterocycles. The first-order valence-electron chi connectivity index (χ1n) is 11.0. The Kier molecular flexibility index (Phi) is 5.85. The molecule has 0 atom stereocenters. The van der Waals surface area contributed by atoms with Crippen LogP contribution in [0.4, 0.5) is 0 Å². The number of hydrogen-bond donors (Lipinski definition) is 1. The number of nitriles is 1. The van der Waals surface area contributed by atoms with E-state index in [4.69, 9.17) is 11.6 Å². The van der Waals surface area contributed by atoms with Gasteiger partial charge in [0.25, 0.3) is 5.91 Å². The molecular weight excluding hydrogens is 474 g/mol. The minimum absolute atomic E-state index is 0.153. The molecule has 5 aromatic rings. The molecule has 0 aliphatic carbocycles. The van der Waals surface area contributed by atoms with Crippen molar-refractivity contribution in [1.82, 2.24) is 9.78 Å². The van der Waals surface area contributed by atoms with Crippen LogP contribution in [0.5, 0.6) is 0 Å². The third-order valence-electron chi connectivity index (χ3n) is 6.07. The van der Waals surface area contributed by atoms with Gasteiger partial charge < -0.3 is 5.11 Å². The largest absolute Gasteiger partial charge is 0.478 e. The van der Waals surface area contributed by atoms with E-state index in [1.54, 1.807) is 36.4 Å². The summed E-state index contributed by atoms with van der Waals surface area (Å²) in [5.74, 6) is -1.41. The highest BCUT2D eigenvalue weighted by Gasteiger charge is 2.22. The second-order valence-corrected chi connectivity index (χ2v) is 8.68. The molecule has 4 aromatic carbocycles. The second kappa shape index (κ2) is 9.14. The Labute approximate surface area is 211 Å². The second-order valence-electron chi connectivity index (χ2n) is 8.27. The Morgan fingerprint density at radius 2 is 1.67 bits per heavy atom. The van der Waals surface area contributed by atoms with Gasteiger partial charge in [0.2, 0.25) is 0 Å². The zero-order valence-corrected chi connectivity index (χ0v) is 19.8. The molecule has 0 bridgehead atoms. The lowest BCUT2D eigenvalue weighted by atomic mass is 9.98. The Morgan fingerprint density at radius 3 is 2.36 bits per heavy atom. The summed E-state index contributed by atoms with van der Waals surface area (Å²) < 4.78 is 1.32. The van der Waals surface area contributed by atoms with Crippen LogP contribution in [0.15, 0.2) is 84.9 Å². The van der Waals surface area contributed by atoms with Crippen molar-refractivity contribution in [3.63, 3.8) is 0 Å². The van der Waals surface area contributed by atoms with Gasteiger partial charge >= 0.3 is 5.97 Å². The van der Waals surface area contributed by atoms with Crippen LogP contribution >= 0.6 is 11.6 Å². The maximum Gasteiger partial charge on any atom is 0.335 e. The van der Waals surface area contributed by atoms with Gasteiger partial charge in [0.15, 0.2) is 0 Å². The fourth-order valence-corrected chi connectivity index (χ4v) is 4.56. The molecule has 174 valence electrons. The number of nitrogens with zero attached hydrogens (tertiary/aromatic N) is 3. The maximum absolute atomic E-state index is 13.7. The predicted molar refractivity (Wildman–Crippen MR) is 138 cm³/mol. The minimum Gasteiger partial charge on any atom is -0.478 e. The topological polar surface area (TPSA) is 96.0 Å². The van der Waals surface area contributed by atoms with Crippen LogP contribution in [0.1, 0.15) is 31.8 Å². The van der Waals surface area contributed by atoms with E-state index in [1.807, 2.05) is 43.3 Å². The Hall–Kier alpha value is -4.73. The molecule has 36 heavy (non-hydrogen) atoms. The number of hydrogen-bond acceptors (Lipinski definition) is 4. The number of carboxylic acids is 1. The molecule has 0 aliphatic rings. The highest BCUT2D eigenvalue weighted by molar-refractivity contribution is 6.34. The molecule has 0 unspecified atom stereocenters. The Morgan fingerprint density at radius 1 is 0.944 bits per heavy atom. The van der Waals surface area contributed by atoms with Gasteiger partial charge in [0, 0.05) is 10.9 Å². The van der Waals surface area contributed by atoms with Crippen LogP contribution in [-0.4, -0.2) is 26.8 Å². The van der Waals surface area contributed by atoms with Crippen LogP contribution in [0.2, 0.25) is 5.02 Å². The number of aromatic nitrogens is 2. The number of aryl methyl sites for hydroxylation is 1. The number of halogens is 1. The maximum atomic E-state index is 13.7. The average Bonchev–Trinajstić information content (AvgIpc) is 3.27. The number of aromatic carboxylic acids is 1. The zero-order chi connectivity index (χ0) is 25.4. The first-order chi connectivity index (χ1) is 17.4. The summed E-state index contributed by atoms with van der Waals surface area (Å²) in [6, 6.07) is 26.6. The summed E-state index contributed by atoms with van der Waals surface area (Å²) in [5.41, 5.74) is 4.97. The van der Waals surface area contributed by atoms with Crippen LogP contribution in [0.3, 0.4) is 0 Å². The van der Waals surface area contributed by atoms with Crippen molar-refractivity contribution in [3.05, 3.63) is 112 Å². The summed E-state index contributed by atoms with van der Waals surface area (Å²) in [6.07, 6.45) is 0. The average molecular weight is 492 g/mol. The number of benzene rings is 4. The zero-order valence-electron chi connectivity index (χ0n) is 19.1. The van der Waals surface area contributed by atoms with Crippen molar-refractivity contribution in [3.8, 4) is 28.5 Å². The van der Waals surface area contributed by atoms with E-state index in [0.717, 1.165) is 16.7 Å². The number of carboxylic acid groups (broad SMARTS) is 1. The lowest BCUT2D eigenvalue weighted by Crippen LogP contribution is -2.15. The van der Waals surface area contributed by atoms with E-state index in [-0.39, 0.29) is 11.5 Å². The summed E-state index contributed by atoms with van der Waals surface area (Å²) in [5, 5.41) is 24.5. The van der Waals surface area contributed by atoms with E-state index in [0.29, 0.717) is 38.3 Å². The smallest absolute Gasteiger partial charge is 0.335 e. The molecule has 0 radical (unpaired) electrons. The third-order valence-corrected chi connectivity index (χ3v) is 6.39. The number of rotatable bonds is 4. The van der Waals surface area contributed by atoms with Crippen LogP contribution in [0.25, 0.3) is 33.3 Å². The van der Waals surface area contributed by atoms with Crippen molar-refractivity contribution < 1.29 is 14.7 Å². The normalized spacial score (nSPS) is 10.8. The van der Waals surface area contributed by atoms with Gasteiger partial charge in [0.1, 0.15) is 5.69 Å². The quantitative estimate of drug-likeness (QED) is 0.306. The van der Waals surface area contributed by atoms with E-state index in [1.165, 1.54) is 16.8 Å². The molecule has 0 spiro atoms. The fraction of sp³-hybridized carbons (Fsp3) is 0.0345. The van der Waals surface area contributed by atoms with Crippen molar-refractivity contribution in [1.29, 1.82) is 5.26 Å². The first-order valence-corrected chi connectivity index (χ1v) is 11.4. The summed E-state index contributed by atoms with van der Waals surface area (Å²) in [7, 11) is 0. The standard InChI is InChI=1S/C29H18ClN3O3/c1-17-5-4-8-24(30)26(17)28(34)33-25-15-20(22-7-3-2-6-21(22)16-31)13-14-23(25)27(32-33)18-9-11-19(12-10-18)29(35)36/h2-15H,1H3,(H,35,36). The SMILES string of the molecule is Cc1cccc(Cl)c1C(=O)n1nc(-c2ccc(C(=O)O)cc2)c2ccc(-c3ccccc3C#N)cc21. The van der Waals surface area contributed by atoms with E-state index < -0.39 is 5.97 Å². The number of carbonyl (C=O) groups is 2. The van der Waals surface area contributed by atoms with E-state index >= 15 is 0 Å². The number of carbonyl (C=O) groups excluding carboxylic acids is 1. The first kappa shape index (κ1) is 23.0. The minimum atomic E-state index is -1.03. The highest BCUT2D eigenvalue weighted by Crippen LogP contribution is 2.34. The van der Waals surface area contributed by atoms with E-state index in [2.05, 4.69) is 11.2 Å². The molecule has 7 heteroatoms. The van der Waals surface area contributed by atoms with Gasteiger partial charge in [0.05, 0.1) is 33.3 Å². The predicted octanol–water partition coefficient (Wildman–Crippen LogP) is 6.59. The molecule has 0 saturated carbocycles. The molecule has 0 amide bonds. The van der Waals surface area contributed by atoms with Crippen molar-refractivity contribution >= 4 is 34.4 Å². The highest BCUT2D eigenvalue weighted by atomic mass is 35.5. The van der Waals surface area contributed by atoms with Gasteiger partial charge in [-0.15, -0.1) is 0 Å². The molecule has 1 N–H and O–H groups in total. The van der Waals surface area contributed by atoms with Crippen LogP contribution in [0, 0.1) is 18.3 Å². The van der Waals surface area contributed by atoms with Crippen molar-refractivity contribution in [2.45, 2.75) is 6.92 Å². The molecule has 0 fully saturated rings. The van der Waals surface area contributed by atoms with Crippen molar-refractivity contribution in [2.75, 3.05) is 0 Å². The molecular formula is C29H18ClN3O3. The summed E-state index contributed by atoms with van der Waals surface area (Å²) in [4.78, 5) is 25.0.